The van der Waals surface area contributed by atoms with Crippen molar-refractivity contribution in [1.29, 1.82) is 0 Å². The Morgan fingerprint density at radius 2 is 1.83 bits per heavy atom. The van der Waals surface area contributed by atoms with Gasteiger partial charge in [-0.15, -0.1) is 5.92 Å². The highest BCUT2D eigenvalue weighted by Crippen LogP contribution is 2.17. The summed E-state index contributed by atoms with van der Waals surface area (Å²) in [5, 5.41) is 9.46. The van der Waals surface area contributed by atoms with Crippen molar-refractivity contribution in [2.75, 3.05) is 18.4 Å². The lowest BCUT2D eigenvalue weighted by molar-refractivity contribution is -0.120. The molecular formula is C32H41N9O5. The van der Waals surface area contributed by atoms with Crippen molar-refractivity contribution >= 4 is 40.0 Å². The number of hydrogen-bond acceptors (Lipinski definition) is 9. The third-order valence-electron chi connectivity index (χ3n) is 7.08. The van der Waals surface area contributed by atoms with E-state index in [9.17, 15) is 19.2 Å². The monoisotopic (exact) mass is 631 g/mol. The number of hydrogen-bond donors (Lipinski definition) is 3. The molecule has 0 fully saturated rings. The molecule has 0 unspecified atom stereocenters. The molecule has 3 aromatic heterocycles. The highest BCUT2D eigenvalue weighted by atomic mass is 16.6. The number of benzene rings is 1. The largest absolute Gasteiger partial charge is 0.444 e. The second-order valence-electron chi connectivity index (χ2n) is 12.0. The van der Waals surface area contributed by atoms with Gasteiger partial charge in [-0.05, 0) is 60.5 Å². The Morgan fingerprint density at radius 1 is 1.09 bits per heavy atom. The van der Waals surface area contributed by atoms with Crippen molar-refractivity contribution in [3.8, 4) is 11.8 Å². The molecule has 46 heavy (non-hydrogen) atoms. The van der Waals surface area contributed by atoms with E-state index in [0.29, 0.717) is 31.2 Å². The minimum absolute atomic E-state index is 0.0998. The van der Waals surface area contributed by atoms with Crippen LogP contribution in [0.5, 0.6) is 0 Å². The van der Waals surface area contributed by atoms with Gasteiger partial charge in [-0.25, -0.2) is 19.6 Å². The van der Waals surface area contributed by atoms with Crippen molar-refractivity contribution in [2.24, 2.45) is 7.05 Å². The minimum atomic E-state index is -0.656. The average molecular weight is 632 g/mol. The van der Waals surface area contributed by atoms with E-state index < -0.39 is 22.9 Å². The van der Waals surface area contributed by atoms with Gasteiger partial charge >= 0.3 is 11.8 Å². The van der Waals surface area contributed by atoms with Gasteiger partial charge in [0, 0.05) is 30.7 Å². The summed E-state index contributed by atoms with van der Waals surface area (Å²) in [5.74, 6) is 6.27. The third kappa shape index (κ3) is 8.09. The first-order chi connectivity index (χ1) is 21.8. The predicted molar refractivity (Wildman–Crippen MR) is 176 cm³/mol. The van der Waals surface area contributed by atoms with E-state index in [-0.39, 0.29) is 42.7 Å². The molecule has 0 saturated heterocycles. The summed E-state index contributed by atoms with van der Waals surface area (Å²) in [7, 11) is 1.57. The van der Waals surface area contributed by atoms with Gasteiger partial charge in [0.15, 0.2) is 11.2 Å². The van der Waals surface area contributed by atoms with Crippen LogP contribution >= 0.6 is 0 Å². The molecule has 0 aliphatic rings. The molecule has 1 aromatic carbocycles. The Hall–Kier alpha value is -5.19. The predicted octanol–water partition coefficient (Wildman–Crippen LogP) is 2.44. The van der Waals surface area contributed by atoms with Crippen LogP contribution in [0, 0.1) is 18.8 Å². The van der Waals surface area contributed by atoms with Gasteiger partial charge in [0.05, 0.1) is 18.6 Å². The molecule has 244 valence electrons. The first-order valence-corrected chi connectivity index (χ1v) is 15.1. The zero-order valence-electron chi connectivity index (χ0n) is 27.4. The number of imidazole rings is 1. The van der Waals surface area contributed by atoms with E-state index in [1.165, 1.54) is 4.57 Å². The summed E-state index contributed by atoms with van der Waals surface area (Å²) < 4.78 is 9.28. The van der Waals surface area contributed by atoms with Crippen LogP contribution in [0.4, 0.5) is 10.7 Å². The summed E-state index contributed by atoms with van der Waals surface area (Å²) >= 11 is 0. The van der Waals surface area contributed by atoms with Gasteiger partial charge in [0.25, 0.3) is 5.56 Å². The SMILES string of the molecule is CC#CCn1c(NCCC[C@@H](C)NC(=O)CNC(=O)OC(C)(C)C)nc2c1c(=O)n(Cc1nc(C)c3ccccc3n1)c(=O)n2C. The molecule has 3 heterocycles. The van der Waals surface area contributed by atoms with Crippen LogP contribution in [-0.4, -0.2) is 65.4 Å². The average Bonchev–Trinajstić information content (AvgIpc) is 3.36. The fourth-order valence-corrected chi connectivity index (χ4v) is 4.94. The molecule has 0 saturated carbocycles. The number of alkyl carbamates (subject to hydrolysis) is 1. The van der Waals surface area contributed by atoms with E-state index in [2.05, 4.69) is 42.7 Å². The Morgan fingerprint density at radius 3 is 2.54 bits per heavy atom. The molecule has 0 aliphatic heterocycles. The number of anilines is 1. The molecule has 4 aromatic rings. The van der Waals surface area contributed by atoms with Crippen LogP contribution in [0.3, 0.4) is 0 Å². The maximum Gasteiger partial charge on any atom is 0.408 e. The second-order valence-corrected chi connectivity index (χ2v) is 12.0. The summed E-state index contributed by atoms with van der Waals surface area (Å²) in [6.45, 7) is 11.1. The molecule has 14 heteroatoms. The van der Waals surface area contributed by atoms with E-state index in [1.807, 2.05) is 38.1 Å². The summed E-state index contributed by atoms with van der Waals surface area (Å²) in [6, 6.07) is 7.42. The van der Waals surface area contributed by atoms with Crippen molar-refractivity contribution in [3.63, 3.8) is 0 Å². The Labute approximate surface area is 266 Å². The first kappa shape index (κ1) is 33.7. The van der Waals surface area contributed by atoms with Gasteiger partial charge in [0.1, 0.15) is 18.0 Å². The third-order valence-corrected chi connectivity index (χ3v) is 7.08. The molecule has 0 bridgehead atoms. The number of nitrogens with one attached hydrogen (secondary N) is 3. The number of carbonyl (C=O) groups excluding carboxylic acids is 2. The van der Waals surface area contributed by atoms with Gasteiger partial charge in [-0.1, -0.05) is 24.1 Å². The molecule has 4 rings (SSSR count). The van der Waals surface area contributed by atoms with E-state index in [4.69, 9.17) is 4.74 Å². The zero-order valence-corrected chi connectivity index (χ0v) is 27.4. The fraction of sp³-hybridized carbons (Fsp3) is 0.469. The van der Waals surface area contributed by atoms with Crippen LogP contribution < -0.4 is 27.2 Å². The van der Waals surface area contributed by atoms with Crippen LogP contribution in [0.15, 0.2) is 33.9 Å². The lowest BCUT2D eigenvalue weighted by Crippen LogP contribution is -2.42. The number of nitrogens with zero attached hydrogens (tertiary/aromatic N) is 6. The highest BCUT2D eigenvalue weighted by Gasteiger charge is 2.21. The van der Waals surface area contributed by atoms with Crippen molar-refractivity contribution in [1.82, 2.24) is 39.3 Å². The van der Waals surface area contributed by atoms with Gasteiger partial charge in [0.2, 0.25) is 11.9 Å². The van der Waals surface area contributed by atoms with Crippen LogP contribution in [-0.2, 0) is 29.7 Å². The molecule has 1 atom stereocenters. The van der Waals surface area contributed by atoms with Crippen molar-refractivity contribution < 1.29 is 14.3 Å². The molecule has 0 aliphatic carbocycles. The van der Waals surface area contributed by atoms with Crippen LogP contribution in [0.1, 0.15) is 59.0 Å². The van der Waals surface area contributed by atoms with Gasteiger partial charge < -0.3 is 20.7 Å². The molecule has 3 N–H and O–H groups in total. The quantitative estimate of drug-likeness (QED) is 0.166. The van der Waals surface area contributed by atoms with E-state index in [0.717, 1.165) is 21.2 Å². The summed E-state index contributed by atoms with van der Waals surface area (Å²) in [6.07, 6.45) is 0.638. The number of aryl methyl sites for hydroxylation is 2. The van der Waals surface area contributed by atoms with E-state index >= 15 is 0 Å². The van der Waals surface area contributed by atoms with Crippen molar-refractivity contribution in [3.05, 3.63) is 56.6 Å². The lowest BCUT2D eigenvalue weighted by Gasteiger charge is -2.20. The second kappa shape index (κ2) is 14.3. The molecule has 2 amide bonds. The van der Waals surface area contributed by atoms with Crippen LogP contribution in [0.25, 0.3) is 22.1 Å². The Bertz CT molecular complexity index is 1940. The normalized spacial score (nSPS) is 12.0. The number of fused-ring (bicyclic) bond motifs is 2. The highest BCUT2D eigenvalue weighted by molar-refractivity contribution is 5.82. The van der Waals surface area contributed by atoms with Gasteiger partial charge in [-0.3, -0.25) is 23.3 Å². The van der Waals surface area contributed by atoms with Crippen molar-refractivity contribution in [2.45, 2.75) is 79.1 Å². The molecule has 14 nitrogen and oxygen atoms in total. The molecular weight excluding hydrogens is 590 g/mol. The van der Waals surface area contributed by atoms with Gasteiger partial charge in [-0.2, -0.15) is 4.98 Å². The Kier molecular flexibility index (Phi) is 10.5. The molecule has 0 radical (unpaired) electrons. The number of carbonyl (C=O) groups is 2. The Balaban J connectivity index is 1.48. The lowest BCUT2D eigenvalue weighted by atomic mass is 10.2. The number of para-hydroxylation sites is 1. The number of rotatable bonds is 11. The maximum absolute atomic E-state index is 13.8. The van der Waals surface area contributed by atoms with E-state index in [1.54, 1.807) is 39.3 Å². The number of aromatic nitrogens is 6. The summed E-state index contributed by atoms with van der Waals surface area (Å²) in [5.41, 5.74) is 0.271. The standard InChI is InChI=1S/C32H41N9O5/c1-8-9-17-40-26-27(38-29(40)33-16-12-13-20(2)35-25(42)18-34-30(44)46-32(4,5)6)39(7)31(45)41(28(26)43)19-24-36-21(3)22-14-10-11-15-23(22)37-24/h10-11,14-15,20H,12-13,16-19H2,1-7H3,(H,33,38)(H,34,44)(H,35,42)/t20-/m1/s1. The number of amides is 2. The topological polar surface area (TPSA) is 167 Å². The smallest absolute Gasteiger partial charge is 0.408 e. The first-order valence-electron chi connectivity index (χ1n) is 15.1. The minimum Gasteiger partial charge on any atom is -0.444 e. The fourth-order valence-electron chi connectivity index (χ4n) is 4.94. The number of ether oxygens (including phenoxy) is 1. The summed E-state index contributed by atoms with van der Waals surface area (Å²) in [4.78, 5) is 65.0. The zero-order chi connectivity index (χ0) is 33.6. The molecule has 0 spiro atoms. The maximum atomic E-state index is 13.8. The van der Waals surface area contributed by atoms with Crippen LogP contribution in [0.2, 0.25) is 0 Å².